The third kappa shape index (κ3) is 6.48. The third-order valence-corrected chi connectivity index (χ3v) is 3.12. The molecule has 1 N–H and O–H groups in total. The zero-order chi connectivity index (χ0) is 13.9. The van der Waals surface area contributed by atoms with Gasteiger partial charge in [0.25, 0.3) is 0 Å². The van der Waals surface area contributed by atoms with Gasteiger partial charge in [-0.1, -0.05) is 30.3 Å². The Labute approximate surface area is 116 Å². The standard InChI is InChI=1S/C13H15N3O2S/c1-18-13(17)16-15-12(19-9-5-8-14)10-11-6-3-2-4-7-11/h2-4,6-7H,5,9-10H2,1H3,(H,16,17)/b15-12+. The summed E-state index contributed by atoms with van der Waals surface area (Å²) < 4.78 is 4.46. The number of nitrogens with zero attached hydrogens (tertiary/aromatic N) is 2. The number of carbonyl (C=O) groups excluding carboxylic acids is 1. The normalized spacial score (nSPS) is 10.6. The Morgan fingerprint density at radius 1 is 1.47 bits per heavy atom. The molecule has 0 bridgehead atoms. The molecule has 0 saturated carbocycles. The van der Waals surface area contributed by atoms with Gasteiger partial charge in [0, 0.05) is 18.6 Å². The van der Waals surface area contributed by atoms with E-state index >= 15 is 0 Å². The molecule has 0 spiro atoms. The molecule has 0 aliphatic carbocycles. The second-order valence-corrected chi connectivity index (χ2v) is 4.70. The van der Waals surface area contributed by atoms with Crippen LogP contribution < -0.4 is 5.43 Å². The van der Waals surface area contributed by atoms with Crippen molar-refractivity contribution < 1.29 is 9.53 Å². The van der Waals surface area contributed by atoms with Crippen LogP contribution in [0.15, 0.2) is 35.4 Å². The van der Waals surface area contributed by atoms with Gasteiger partial charge in [0.1, 0.15) is 0 Å². The van der Waals surface area contributed by atoms with Crippen LogP contribution in [0.4, 0.5) is 4.79 Å². The topological polar surface area (TPSA) is 74.5 Å². The minimum Gasteiger partial charge on any atom is -0.452 e. The highest BCUT2D eigenvalue weighted by Crippen LogP contribution is 2.11. The molecule has 19 heavy (non-hydrogen) atoms. The Bertz CT molecular complexity index is 469. The second-order valence-electron chi connectivity index (χ2n) is 3.53. The van der Waals surface area contributed by atoms with Gasteiger partial charge in [-0.25, -0.2) is 10.2 Å². The fourth-order valence-electron chi connectivity index (χ4n) is 1.26. The number of thioether (sulfide) groups is 1. The maximum atomic E-state index is 11.0. The number of rotatable bonds is 5. The number of amides is 1. The Balaban J connectivity index is 2.63. The fourth-order valence-corrected chi connectivity index (χ4v) is 2.07. The maximum absolute atomic E-state index is 11.0. The van der Waals surface area contributed by atoms with Gasteiger partial charge < -0.3 is 4.74 Å². The van der Waals surface area contributed by atoms with Gasteiger partial charge in [-0.05, 0) is 5.56 Å². The van der Waals surface area contributed by atoms with Crippen LogP contribution in [0.25, 0.3) is 0 Å². The quantitative estimate of drug-likeness (QED) is 0.388. The van der Waals surface area contributed by atoms with Crippen molar-refractivity contribution in [1.29, 1.82) is 5.26 Å². The number of nitriles is 1. The lowest BCUT2D eigenvalue weighted by atomic mass is 10.2. The first kappa shape index (κ1) is 15.1. The lowest BCUT2D eigenvalue weighted by Gasteiger charge is -2.05. The van der Waals surface area contributed by atoms with Crippen LogP contribution in [0.3, 0.4) is 0 Å². The fraction of sp³-hybridized carbons (Fsp3) is 0.308. The molecular formula is C13H15N3O2S. The van der Waals surface area contributed by atoms with Crippen LogP contribution >= 0.6 is 11.8 Å². The molecule has 1 aromatic rings. The van der Waals surface area contributed by atoms with Crippen molar-refractivity contribution in [1.82, 2.24) is 5.43 Å². The van der Waals surface area contributed by atoms with E-state index in [1.54, 1.807) is 0 Å². The van der Waals surface area contributed by atoms with E-state index in [0.717, 1.165) is 10.6 Å². The first-order valence-corrected chi connectivity index (χ1v) is 6.69. The molecule has 0 heterocycles. The lowest BCUT2D eigenvalue weighted by molar-refractivity contribution is 0.171. The van der Waals surface area contributed by atoms with E-state index < -0.39 is 6.09 Å². The number of benzene rings is 1. The van der Waals surface area contributed by atoms with E-state index in [4.69, 9.17) is 5.26 Å². The zero-order valence-electron chi connectivity index (χ0n) is 10.6. The van der Waals surface area contributed by atoms with Gasteiger partial charge in [-0.15, -0.1) is 11.8 Å². The number of ether oxygens (including phenoxy) is 1. The van der Waals surface area contributed by atoms with Crippen LogP contribution in [-0.2, 0) is 11.2 Å². The summed E-state index contributed by atoms with van der Waals surface area (Å²) in [6, 6.07) is 11.9. The Morgan fingerprint density at radius 3 is 2.84 bits per heavy atom. The molecule has 6 heteroatoms. The predicted octanol–water partition coefficient (Wildman–Crippen LogP) is 2.55. The molecule has 100 valence electrons. The van der Waals surface area contributed by atoms with Crippen molar-refractivity contribution in [2.24, 2.45) is 5.10 Å². The molecule has 0 saturated heterocycles. The summed E-state index contributed by atoms with van der Waals surface area (Å²) in [6.45, 7) is 0. The number of hydrazone groups is 1. The highest BCUT2D eigenvalue weighted by Gasteiger charge is 2.04. The van der Waals surface area contributed by atoms with Gasteiger partial charge in [0.2, 0.25) is 0 Å². The van der Waals surface area contributed by atoms with E-state index in [1.807, 2.05) is 30.3 Å². The number of nitrogens with one attached hydrogen (secondary N) is 1. The van der Waals surface area contributed by atoms with E-state index in [0.29, 0.717) is 18.6 Å². The molecule has 1 aromatic carbocycles. The molecule has 0 unspecified atom stereocenters. The molecule has 1 rings (SSSR count). The summed E-state index contributed by atoms with van der Waals surface area (Å²) in [5.74, 6) is 0.644. The third-order valence-electron chi connectivity index (χ3n) is 2.14. The van der Waals surface area contributed by atoms with Crippen molar-refractivity contribution in [2.75, 3.05) is 12.9 Å². The van der Waals surface area contributed by atoms with Crippen LogP contribution in [0.1, 0.15) is 12.0 Å². The first-order valence-electron chi connectivity index (χ1n) is 5.70. The molecule has 0 aromatic heterocycles. The van der Waals surface area contributed by atoms with Crippen molar-refractivity contribution in [3.05, 3.63) is 35.9 Å². The monoisotopic (exact) mass is 277 g/mol. The van der Waals surface area contributed by atoms with Crippen LogP contribution in [0.2, 0.25) is 0 Å². The minimum atomic E-state index is -0.605. The van der Waals surface area contributed by atoms with Crippen molar-refractivity contribution in [2.45, 2.75) is 12.8 Å². The number of hydrogen-bond donors (Lipinski definition) is 1. The van der Waals surface area contributed by atoms with Crippen molar-refractivity contribution in [3.8, 4) is 6.07 Å². The van der Waals surface area contributed by atoms with E-state index in [2.05, 4.69) is 21.3 Å². The van der Waals surface area contributed by atoms with E-state index in [-0.39, 0.29) is 0 Å². The van der Waals surface area contributed by atoms with Gasteiger partial charge in [-0.3, -0.25) is 0 Å². The second kappa shape index (κ2) is 9.00. The SMILES string of the molecule is COC(=O)N/N=C(\Cc1ccccc1)SCCC#N. The van der Waals surface area contributed by atoms with Gasteiger partial charge in [0.05, 0.1) is 18.2 Å². The lowest BCUT2D eigenvalue weighted by Crippen LogP contribution is -2.19. The molecule has 0 aliphatic heterocycles. The molecule has 1 amide bonds. The zero-order valence-corrected chi connectivity index (χ0v) is 11.4. The Kier molecular flexibility index (Phi) is 7.13. The van der Waals surface area contributed by atoms with Crippen LogP contribution in [0.5, 0.6) is 0 Å². The summed E-state index contributed by atoms with van der Waals surface area (Å²) in [7, 11) is 1.28. The molecule has 0 atom stereocenters. The summed E-state index contributed by atoms with van der Waals surface area (Å²) in [5, 5.41) is 13.3. The highest BCUT2D eigenvalue weighted by molar-refractivity contribution is 8.13. The molecule has 5 nitrogen and oxygen atoms in total. The molecular weight excluding hydrogens is 262 g/mol. The Hall–Kier alpha value is -2.00. The smallest absolute Gasteiger partial charge is 0.427 e. The van der Waals surface area contributed by atoms with Crippen molar-refractivity contribution >= 4 is 22.9 Å². The predicted molar refractivity (Wildman–Crippen MR) is 75.8 cm³/mol. The molecule has 0 radical (unpaired) electrons. The minimum absolute atomic E-state index is 0.441. The van der Waals surface area contributed by atoms with Crippen LogP contribution in [-0.4, -0.2) is 24.0 Å². The molecule has 0 fully saturated rings. The van der Waals surface area contributed by atoms with Gasteiger partial charge in [0.15, 0.2) is 0 Å². The first-order chi connectivity index (χ1) is 9.26. The maximum Gasteiger partial charge on any atom is 0.427 e. The summed E-state index contributed by atoms with van der Waals surface area (Å²) >= 11 is 1.45. The highest BCUT2D eigenvalue weighted by atomic mass is 32.2. The van der Waals surface area contributed by atoms with E-state index in [1.165, 1.54) is 18.9 Å². The average Bonchev–Trinajstić information content (AvgIpc) is 2.45. The Morgan fingerprint density at radius 2 is 2.21 bits per heavy atom. The van der Waals surface area contributed by atoms with E-state index in [9.17, 15) is 4.79 Å². The number of methoxy groups -OCH3 is 1. The van der Waals surface area contributed by atoms with Crippen molar-refractivity contribution in [3.63, 3.8) is 0 Å². The van der Waals surface area contributed by atoms with Gasteiger partial charge in [-0.2, -0.15) is 10.4 Å². The van der Waals surface area contributed by atoms with Crippen LogP contribution in [0, 0.1) is 11.3 Å². The number of hydrogen-bond acceptors (Lipinski definition) is 5. The summed E-state index contributed by atoms with van der Waals surface area (Å²) in [4.78, 5) is 11.0. The largest absolute Gasteiger partial charge is 0.452 e. The molecule has 0 aliphatic rings. The summed E-state index contributed by atoms with van der Waals surface area (Å²) in [5.41, 5.74) is 3.40. The van der Waals surface area contributed by atoms with Gasteiger partial charge >= 0.3 is 6.09 Å². The summed E-state index contributed by atoms with van der Waals surface area (Å²) in [6.07, 6.45) is 0.448. The average molecular weight is 277 g/mol. The number of carbonyl (C=O) groups is 1.